The summed E-state index contributed by atoms with van der Waals surface area (Å²) in [6.45, 7) is -0.208. The Morgan fingerprint density at radius 1 is 1.15 bits per heavy atom. The minimum absolute atomic E-state index is 0.0188. The number of imide groups is 1. The van der Waals surface area contributed by atoms with Crippen molar-refractivity contribution in [3.63, 3.8) is 0 Å². The van der Waals surface area contributed by atoms with Gasteiger partial charge in [-0.2, -0.15) is 0 Å². The third-order valence-corrected chi connectivity index (χ3v) is 5.93. The second-order valence-corrected chi connectivity index (χ2v) is 8.49. The van der Waals surface area contributed by atoms with Crippen LogP contribution in [0, 0.1) is 0 Å². The number of hydrogen-bond acceptors (Lipinski definition) is 5. The molecule has 4 N–H and O–H groups in total. The highest BCUT2D eigenvalue weighted by Gasteiger charge is 2.51. The van der Waals surface area contributed by atoms with Crippen molar-refractivity contribution in [1.82, 2.24) is 15.5 Å². The molecule has 1 heterocycles. The predicted molar refractivity (Wildman–Crippen MR) is 95.7 cm³/mol. The van der Waals surface area contributed by atoms with Crippen LogP contribution in [0.25, 0.3) is 0 Å². The monoisotopic (exact) mass is 394 g/mol. The first-order chi connectivity index (χ1) is 12.7. The lowest BCUT2D eigenvalue weighted by atomic mass is 9.82. The van der Waals surface area contributed by atoms with E-state index in [2.05, 4.69) is 10.6 Å². The maximum atomic E-state index is 12.6. The summed E-state index contributed by atoms with van der Waals surface area (Å²) >= 11 is 0. The van der Waals surface area contributed by atoms with E-state index < -0.39 is 27.5 Å². The van der Waals surface area contributed by atoms with Crippen molar-refractivity contribution in [3.05, 3.63) is 29.8 Å². The van der Waals surface area contributed by atoms with Gasteiger partial charge in [0.15, 0.2) is 0 Å². The molecule has 3 rings (SSSR count). The minimum Gasteiger partial charge on any atom is -0.350 e. The Morgan fingerprint density at radius 3 is 2.37 bits per heavy atom. The van der Waals surface area contributed by atoms with Crippen molar-refractivity contribution in [2.24, 2.45) is 5.14 Å². The van der Waals surface area contributed by atoms with Crippen LogP contribution in [0.4, 0.5) is 4.79 Å². The molecule has 4 amide bonds. The number of carbonyl (C=O) groups is 3. The van der Waals surface area contributed by atoms with E-state index in [0.717, 1.165) is 24.2 Å². The minimum atomic E-state index is -3.77. The SMILES string of the molecule is NS(=O)(=O)c1ccc(CNC(=O)CN2C(=O)NC3(CCCCC3)C2=O)cc1. The largest absolute Gasteiger partial charge is 0.350 e. The molecule has 0 bridgehead atoms. The molecule has 0 atom stereocenters. The van der Waals surface area contributed by atoms with Gasteiger partial charge >= 0.3 is 6.03 Å². The fourth-order valence-corrected chi connectivity index (χ4v) is 4.03. The fourth-order valence-electron chi connectivity index (χ4n) is 3.51. The van der Waals surface area contributed by atoms with Crippen molar-refractivity contribution in [2.45, 2.75) is 49.1 Å². The highest BCUT2D eigenvalue weighted by molar-refractivity contribution is 7.89. The average Bonchev–Trinajstić information content (AvgIpc) is 2.84. The molecule has 2 fully saturated rings. The molecule has 1 spiro atoms. The summed E-state index contributed by atoms with van der Waals surface area (Å²) in [4.78, 5) is 37.9. The lowest BCUT2D eigenvalue weighted by Gasteiger charge is -2.30. The standard InChI is InChI=1S/C17H22N4O5S/c18-27(25,26)13-6-4-12(5-7-13)10-19-14(22)11-21-15(23)17(20-16(21)24)8-2-1-3-9-17/h4-7H,1-3,8-11H2,(H,19,22)(H,20,24)(H2,18,25,26). The maximum absolute atomic E-state index is 12.6. The number of carbonyl (C=O) groups excluding carboxylic acids is 3. The van der Waals surface area contributed by atoms with Crippen LogP contribution in [0.2, 0.25) is 0 Å². The van der Waals surface area contributed by atoms with E-state index in [1.165, 1.54) is 24.3 Å². The van der Waals surface area contributed by atoms with Crippen LogP contribution < -0.4 is 15.8 Å². The van der Waals surface area contributed by atoms with E-state index in [-0.39, 0.29) is 23.9 Å². The Morgan fingerprint density at radius 2 is 1.78 bits per heavy atom. The van der Waals surface area contributed by atoms with Gasteiger partial charge in [-0.05, 0) is 30.5 Å². The van der Waals surface area contributed by atoms with Crippen LogP contribution in [0.15, 0.2) is 29.2 Å². The molecule has 10 heteroatoms. The van der Waals surface area contributed by atoms with E-state index in [9.17, 15) is 22.8 Å². The summed E-state index contributed by atoms with van der Waals surface area (Å²) < 4.78 is 22.5. The molecule has 1 aromatic rings. The quantitative estimate of drug-likeness (QED) is 0.613. The number of primary sulfonamides is 1. The van der Waals surface area contributed by atoms with E-state index in [4.69, 9.17) is 5.14 Å². The molecule has 1 aromatic carbocycles. The number of hydrogen-bond donors (Lipinski definition) is 3. The highest BCUT2D eigenvalue weighted by atomic mass is 32.2. The van der Waals surface area contributed by atoms with Gasteiger partial charge in [-0.3, -0.25) is 14.5 Å². The first kappa shape index (κ1) is 19.3. The summed E-state index contributed by atoms with van der Waals surface area (Å²) in [6, 6.07) is 5.23. The second-order valence-electron chi connectivity index (χ2n) is 6.93. The number of rotatable bonds is 5. The van der Waals surface area contributed by atoms with Gasteiger partial charge in [-0.1, -0.05) is 31.4 Å². The molecule has 1 saturated carbocycles. The van der Waals surface area contributed by atoms with Crippen molar-refractivity contribution >= 4 is 27.9 Å². The van der Waals surface area contributed by atoms with Gasteiger partial charge in [-0.15, -0.1) is 0 Å². The van der Waals surface area contributed by atoms with Crippen molar-refractivity contribution in [2.75, 3.05) is 6.54 Å². The third-order valence-electron chi connectivity index (χ3n) is 5.00. The lowest BCUT2D eigenvalue weighted by Crippen LogP contribution is -2.49. The van der Waals surface area contributed by atoms with E-state index in [1.54, 1.807) is 0 Å². The molecule has 1 saturated heterocycles. The van der Waals surface area contributed by atoms with Crippen LogP contribution in [-0.2, 0) is 26.2 Å². The normalized spacial score (nSPS) is 19.2. The Labute approximate surface area is 157 Å². The Hall–Kier alpha value is -2.46. The van der Waals surface area contributed by atoms with Gasteiger partial charge in [0, 0.05) is 6.54 Å². The number of urea groups is 1. The van der Waals surface area contributed by atoms with Crippen LogP contribution in [0.3, 0.4) is 0 Å². The Bertz CT molecular complexity index is 860. The van der Waals surface area contributed by atoms with Crippen molar-refractivity contribution in [3.8, 4) is 0 Å². The first-order valence-corrected chi connectivity index (χ1v) is 10.3. The highest BCUT2D eigenvalue weighted by Crippen LogP contribution is 2.33. The predicted octanol–water partition coefficient (Wildman–Crippen LogP) is 0.205. The molecular weight excluding hydrogens is 372 g/mol. The number of sulfonamides is 1. The van der Waals surface area contributed by atoms with Crippen molar-refractivity contribution in [1.29, 1.82) is 0 Å². The van der Waals surface area contributed by atoms with Crippen molar-refractivity contribution < 1.29 is 22.8 Å². The lowest BCUT2D eigenvalue weighted by molar-refractivity contribution is -0.135. The zero-order chi connectivity index (χ0) is 19.7. The molecule has 9 nitrogen and oxygen atoms in total. The van der Waals surface area contributed by atoms with E-state index in [1.807, 2.05) is 0 Å². The Kier molecular flexibility index (Phi) is 5.20. The van der Waals surface area contributed by atoms with Gasteiger partial charge < -0.3 is 10.6 Å². The number of benzene rings is 1. The van der Waals surface area contributed by atoms with Crippen LogP contribution in [0.5, 0.6) is 0 Å². The summed E-state index contributed by atoms with van der Waals surface area (Å²) in [5, 5.41) is 10.4. The number of nitrogens with zero attached hydrogens (tertiary/aromatic N) is 1. The van der Waals surface area contributed by atoms with Gasteiger partial charge in [0.05, 0.1) is 4.90 Å². The number of nitrogens with one attached hydrogen (secondary N) is 2. The molecule has 0 unspecified atom stereocenters. The van der Waals surface area contributed by atoms with E-state index >= 15 is 0 Å². The van der Waals surface area contributed by atoms with Gasteiger partial charge in [0.1, 0.15) is 12.1 Å². The van der Waals surface area contributed by atoms with Crippen LogP contribution >= 0.6 is 0 Å². The number of amides is 4. The Balaban J connectivity index is 1.56. The molecule has 0 radical (unpaired) electrons. The molecular formula is C17H22N4O5S. The average molecular weight is 394 g/mol. The number of nitrogens with two attached hydrogens (primary N) is 1. The third kappa shape index (κ3) is 4.11. The summed E-state index contributed by atoms with van der Waals surface area (Å²) in [7, 11) is -3.77. The zero-order valence-corrected chi connectivity index (χ0v) is 15.5. The maximum Gasteiger partial charge on any atom is 0.325 e. The molecule has 146 valence electrons. The zero-order valence-electron chi connectivity index (χ0n) is 14.7. The topological polar surface area (TPSA) is 139 Å². The first-order valence-electron chi connectivity index (χ1n) is 8.74. The van der Waals surface area contributed by atoms with Gasteiger partial charge in [0.25, 0.3) is 5.91 Å². The fraction of sp³-hybridized carbons (Fsp3) is 0.471. The smallest absolute Gasteiger partial charge is 0.325 e. The van der Waals surface area contributed by atoms with Crippen LogP contribution in [0.1, 0.15) is 37.7 Å². The molecule has 27 heavy (non-hydrogen) atoms. The van der Waals surface area contributed by atoms with Gasteiger partial charge in [-0.25, -0.2) is 18.4 Å². The molecule has 1 aliphatic heterocycles. The molecule has 0 aromatic heterocycles. The summed E-state index contributed by atoms with van der Waals surface area (Å²) in [5.74, 6) is -0.804. The summed E-state index contributed by atoms with van der Waals surface area (Å²) in [6.07, 6.45) is 4.00. The van der Waals surface area contributed by atoms with E-state index in [0.29, 0.717) is 18.4 Å². The summed E-state index contributed by atoms with van der Waals surface area (Å²) in [5.41, 5.74) is -0.184. The second kappa shape index (κ2) is 7.28. The van der Waals surface area contributed by atoms with Gasteiger partial charge in [0.2, 0.25) is 15.9 Å². The van der Waals surface area contributed by atoms with Crippen LogP contribution in [-0.4, -0.2) is 43.2 Å². The molecule has 1 aliphatic carbocycles. The molecule has 2 aliphatic rings.